The number of halogens is 1. The number of nitrogens with zero attached hydrogens (tertiary/aromatic N) is 1. The fourth-order valence-electron chi connectivity index (χ4n) is 3.12. The van der Waals surface area contributed by atoms with Crippen LogP contribution in [0.2, 0.25) is 0 Å². The molecule has 114 valence electrons. The monoisotopic (exact) mass is 302 g/mol. The van der Waals surface area contributed by atoms with Gasteiger partial charge in [0.1, 0.15) is 0 Å². The van der Waals surface area contributed by atoms with Crippen molar-refractivity contribution >= 4 is 24.3 Å². The number of rotatable bonds is 3. The van der Waals surface area contributed by atoms with Crippen molar-refractivity contribution in [3.8, 4) is 0 Å². The van der Waals surface area contributed by atoms with E-state index in [2.05, 4.69) is 20.9 Å². The van der Waals surface area contributed by atoms with Gasteiger partial charge < -0.3 is 10.6 Å². The Kier molecular flexibility index (Phi) is 4.88. The zero-order valence-electron chi connectivity index (χ0n) is 11.6. The maximum Gasteiger partial charge on any atom is 0.321 e. The Morgan fingerprint density at radius 3 is 2.75 bits per heavy atom. The second-order valence-electron chi connectivity index (χ2n) is 6.18. The van der Waals surface area contributed by atoms with E-state index in [0.29, 0.717) is 12.0 Å². The van der Waals surface area contributed by atoms with E-state index in [1.165, 1.54) is 6.42 Å². The van der Waals surface area contributed by atoms with Gasteiger partial charge in [-0.2, -0.15) is 0 Å². The normalized spacial score (nSPS) is 29.2. The Hall–Kier alpha value is -0.850. The molecule has 6 nitrogen and oxygen atoms in total. The molecule has 0 aromatic heterocycles. The van der Waals surface area contributed by atoms with E-state index >= 15 is 0 Å². The van der Waals surface area contributed by atoms with Crippen LogP contribution in [0, 0.1) is 5.41 Å². The van der Waals surface area contributed by atoms with Crippen LogP contribution in [0.25, 0.3) is 0 Å². The van der Waals surface area contributed by atoms with Gasteiger partial charge in [-0.3, -0.25) is 15.0 Å². The summed E-state index contributed by atoms with van der Waals surface area (Å²) in [4.78, 5) is 25.4. The highest BCUT2D eigenvalue weighted by molar-refractivity contribution is 5.95. The van der Waals surface area contributed by atoms with Gasteiger partial charge in [-0.25, -0.2) is 4.79 Å². The lowest BCUT2D eigenvalue weighted by atomic mass is 9.87. The molecular weight excluding hydrogens is 280 g/mol. The number of carbonyl (C=O) groups is 2. The maximum absolute atomic E-state index is 11.8. The van der Waals surface area contributed by atoms with E-state index in [0.717, 1.165) is 45.4 Å². The average Bonchev–Trinajstić information content (AvgIpc) is 2.90. The summed E-state index contributed by atoms with van der Waals surface area (Å²) in [5, 5.41) is 8.57. The second-order valence-corrected chi connectivity index (χ2v) is 6.18. The SMILES string of the molecule is Cl.O=C(CN1CCC2(CCNC2)C1)NC(=O)NC1CC1. The molecule has 20 heavy (non-hydrogen) atoms. The van der Waals surface area contributed by atoms with Crippen molar-refractivity contribution in [3.05, 3.63) is 0 Å². The molecule has 3 N–H and O–H groups in total. The lowest BCUT2D eigenvalue weighted by Crippen LogP contribution is -2.45. The largest absolute Gasteiger partial charge is 0.335 e. The molecule has 0 aromatic carbocycles. The minimum atomic E-state index is -0.344. The van der Waals surface area contributed by atoms with Crippen LogP contribution in [-0.4, -0.2) is 55.6 Å². The van der Waals surface area contributed by atoms with Gasteiger partial charge in [0.15, 0.2) is 0 Å². The Balaban J connectivity index is 0.00000147. The summed E-state index contributed by atoms with van der Waals surface area (Å²) in [7, 11) is 0. The van der Waals surface area contributed by atoms with E-state index in [1.54, 1.807) is 0 Å². The molecule has 2 aliphatic heterocycles. The van der Waals surface area contributed by atoms with Crippen LogP contribution >= 0.6 is 12.4 Å². The van der Waals surface area contributed by atoms with Crippen molar-refractivity contribution in [2.75, 3.05) is 32.7 Å². The second kappa shape index (κ2) is 6.28. The molecule has 2 heterocycles. The first kappa shape index (κ1) is 15.5. The van der Waals surface area contributed by atoms with E-state index in [9.17, 15) is 9.59 Å². The van der Waals surface area contributed by atoms with Crippen LogP contribution < -0.4 is 16.0 Å². The Labute approximate surface area is 125 Å². The number of urea groups is 1. The molecule has 1 saturated carbocycles. The minimum Gasteiger partial charge on any atom is -0.335 e. The third-order valence-electron chi connectivity index (χ3n) is 4.38. The van der Waals surface area contributed by atoms with Crippen LogP contribution in [0.4, 0.5) is 4.79 Å². The summed E-state index contributed by atoms with van der Waals surface area (Å²) in [6.45, 7) is 4.41. The number of hydrogen-bond acceptors (Lipinski definition) is 4. The van der Waals surface area contributed by atoms with Crippen molar-refractivity contribution in [3.63, 3.8) is 0 Å². The molecule has 0 radical (unpaired) electrons. The van der Waals surface area contributed by atoms with Gasteiger partial charge >= 0.3 is 6.03 Å². The van der Waals surface area contributed by atoms with Crippen LogP contribution in [0.15, 0.2) is 0 Å². The number of amides is 3. The van der Waals surface area contributed by atoms with Gasteiger partial charge in [-0.15, -0.1) is 12.4 Å². The topological polar surface area (TPSA) is 73.5 Å². The molecular formula is C13H23ClN4O2. The van der Waals surface area contributed by atoms with Crippen molar-refractivity contribution in [1.82, 2.24) is 20.9 Å². The highest BCUT2D eigenvalue weighted by Crippen LogP contribution is 2.35. The predicted octanol–water partition coefficient (Wildman–Crippen LogP) is 0.0818. The zero-order chi connectivity index (χ0) is 13.3. The number of likely N-dealkylation sites (tertiary alicyclic amines) is 1. The van der Waals surface area contributed by atoms with Crippen LogP contribution in [-0.2, 0) is 4.79 Å². The molecule has 0 aromatic rings. The number of nitrogens with one attached hydrogen (secondary N) is 3. The molecule has 3 rings (SSSR count). The van der Waals surface area contributed by atoms with E-state index < -0.39 is 0 Å². The number of imide groups is 1. The molecule has 3 amide bonds. The van der Waals surface area contributed by atoms with Crippen LogP contribution in [0.1, 0.15) is 25.7 Å². The van der Waals surface area contributed by atoms with Gasteiger partial charge in [0.25, 0.3) is 0 Å². The number of hydrogen-bond donors (Lipinski definition) is 3. The van der Waals surface area contributed by atoms with Crippen LogP contribution in [0.5, 0.6) is 0 Å². The first-order valence-corrected chi connectivity index (χ1v) is 7.19. The Bertz CT molecular complexity index is 381. The highest BCUT2D eigenvalue weighted by Gasteiger charge is 2.40. The smallest absolute Gasteiger partial charge is 0.321 e. The predicted molar refractivity (Wildman–Crippen MR) is 77.9 cm³/mol. The lowest BCUT2D eigenvalue weighted by molar-refractivity contribution is -0.121. The summed E-state index contributed by atoms with van der Waals surface area (Å²) < 4.78 is 0. The van der Waals surface area contributed by atoms with E-state index in [1.807, 2.05) is 0 Å². The van der Waals surface area contributed by atoms with E-state index in [4.69, 9.17) is 0 Å². The lowest BCUT2D eigenvalue weighted by Gasteiger charge is -2.22. The van der Waals surface area contributed by atoms with Gasteiger partial charge in [0.2, 0.25) is 5.91 Å². The van der Waals surface area contributed by atoms with Crippen molar-refractivity contribution in [1.29, 1.82) is 0 Å². The van der Waals surface area contributed by atoms with Crippen molar-refractivity contribution < 1.29 is 9.59 Å². The molecule has 3 aliphatic rings. The molecule has 0 bridgehead atoms. The number of carbonyl (C=O) groups excluding carboxylic acids is 2. The molecule has 1 unspecified atom stereocenters. The fourth-order valence-corrected chi connectivity index (χ4v) is 3.12. The average molecular weight is 303 g/mol. The Morgan fingerprint density at radius 1 is 1.30 bits per heavy atom. The molecule has 7 heteroatoms. The summed E-state index contributed by atoms with van der Waals surface area (Å²) in [6, 6.07) is -0.0589. The van der Waals surface area contributed by atoms with Gasteiger partial charge in [-0.1, -0.05) is 0 Å². The van der Waals surface area contributed by atoms with E-state index in [-0.39, 0.29) is 30.4 Å². The Morgan fingerprint density at radius 2 is 2.10 bits per heavy atom. The first-order chi connectivity index (χ1) is 9.15. The molecule has 1 spiro atoms. The van der Waals surface area contributed by atoms with Crippen molar-refractivity contribution in [2.24, 2.45) is 5.41 Å². The fraction of sp³-hybridized carbons (Fsp3) is 0.846. The van der Waals surface area contributed by atoms with Gasteiger partial charge in [-0.05, 0) is 44.2 Å². The summed E-state index contributed by atoms with van der Waals surface area (Å²) in [5.74, 6) is -0.193. The molecule has 1 atom stereocenters. The molecule has 1 aliphatic carbocycles. The molecule has 3 fully saturated rings. The summed E-state index contributed by atoms with van der Waals surface area (Å²) in [6.07, 6.45) is 4.42. The third-order valence-corrected chi connectivity index (χ3v) is 4.38. The van der Waals surface area contributed by atoms with Gasteiger partial charge in [0, 0.05) is 19.1 Å². The first-order valence-electron chi connectivity index (χ1n) is 7.19. The molecule has 2 saturated heterocycles. The standard InChI is InChI=1S/C13H22N4O2.ClH/c18-11(16-12(19)15-10-1-2-10)7-17-6-4-13(9-17)3-5-14-8-13;/h10,14H,1-9H2,(H2,15,16,18,19);1H. The maximum atomic E-state index is 11.8. The zero-order valence-corrected chi connectivity index (χ0v) is 12.4. The minimum absolute atomic E-state index is 0. The summed E-state index contributed by atoms with van der Waals surface area (Å²) in [5.41, 5.74) is 0.372. The van der Waals surface area contributed by atoms with Crippen LogP contribution in [0.3, 0.4) is 0 Å². The third kappa shape index (κ3) is 3.84. The summed E-state index contributed by atoms with van der Waals surface area (Å²) >= 11 is 0. The van der Waals surface area contributed by atoms with Crippen molar-refractivity contribution in [2.45, 2.75) is 31.7 Å². The van der Waals surface area contributed by atoms with Gasteiger partial charge in [0.05, 0.1) is 6.54 Å². The quantitative estimate of drug-likeness (QED) is 0.690. The highest BCUT2D eigenvalue weighted by atomic mass is 35.5.